The summed E-state index contributed by atoms with van der Waals surface area (Å²) in [6.07, 6.45) is 1.23. The predicted octanol–water partition coefficient (Wildman–Crippen LogP) is 4.13. The third kappa shape index (κ3) is 1.93. The maximum atomic E-state index is 2.30. The molecule has 0 fully saturated rings. The smallest absolute Gasteiger partial charge is 0.0190 e. The standard InChI is InChI=1S/C13H20/c1-6-9(2)13-8-7-10(3)11(4)12(13)5/h7-9H,6H2,1-5H3. The van der Waals surface area contributed by atoms with Crippen LogP contribution >= 0.6 is 0 Å². The minimum atomic E-state index is 0.694. The Morgan fingerprint density at radius 1 is 1.08 bits per heavy atom. The first kappa shape index (κ1) is 10.3. The van der Waals surface area contributed by atoms with Gasteiger partial charge in [0.25, 0.3) is 0 Å². The zero-order chi connectivity index (χ0) is 10.0. The average Bonchev–Trinajstić information content (AvgIpc) is 2.13. The molecule has 0 amide bonds. The van der Waals surface area contributed by atoms with Crippen molar-refractivity contribution in [1.82, 2.24) is 0 Å². The van der Waals surface area contributed by atoms with Gasteiger partial charge in [0.15, 0.2) is 0 Å². The van der Waals surface area contributed by atoms with Crippen molar-refractivity contribution in [3.05, 3.63) is 34.4 Å². The first-order valence-corrected chi connectivity index (χ1v) is 5.14. The molecule has 0 aliphatic heterocycles. The van der Waals surface area contributed by atoms with Crippen LogP contribution in [0.2, 0.25) is 0 Å². The summed E-state index contributed by atoms with van der Waals surface area (Å²) in [4.78, 5) is 0. The summed E-state index contributed by atoms with van der Waals surface area (Å²) in [5, 5.41) is 0. The third-order valence-electron chi connectivity index (χ3n) is 3.24. The topological polar surface area (TPSA) is 0 Å². The van der Waals surface area contributed by atoms with Crippen molar-refractivity contribution in [2.75, 3.05) is 0 Å². The van der Waals surface area contributed by atoms with Gasteiger partial charge in [-0.2, -0.15) is 0 Å². The van der Waals surface area contributed by atoms with Gasteiger partial charge in [-0.15, -0.1) is 0 Å². The summed E-state index contributed by atoms with van der Waals surface area (Å²) in [5.74, 6) is 0.694. The zero-order valence-corrected chi connectivity index (χ0v) is 9.44. The summed E-state index contributed by atoms with van der Waals surface area (Å²) in [6.45, 7) is 11.2. The Balaban J connectivity index is 3.18. The van der Waals surface area contributed by atoms with E-state index in [2.05, 4.69) is 46.8 Å². The van der Waals surface area contributed by atoms with E-state index in [1.54, 1.807) is 0 Å². The lowest BCUT2D eigenvalue weighted by Gasteiger charge is -2.15. The number of aryl methyl sites for hydroxylation is 1. The summed E-state index contributed by atoms with van der Waals surface area (Å²) in [6, 6.07) is 4.52. The fraction of sp³-hybridized carbons (Fsp3) is 0.538. The number of hydrogen-bond donors (Lipinski definition) is 0. The van der Waals surface area contributed by atoms with Crippen LogP contribution in [-0.2, 0) is 0 Å². The molecule has 0 radical (unpaired) electrons. The highest BCUT2D eigenvalue weighted by Crippen LogP contribution is 2.25. The van der Waals surface area contributed by atoms with Gasteiger partial charge in [-0.05, 0) is 55.4 Å². The van der Waals surface area contributed by atoms with Gasteiger partial charge in [-0.3, -0.25) is 0 Å². The molecule has 0 bridgehead atoms. The highest BCUT2D eigenvalue weighted by atomic mass is 14.1. The van der Waals surface area contributed by atoms with Crippen LogP contribution in [0, 0.1) is 20.8 Å². The lowest BCUT2D eigenvalue weighted by Crippen LogP contribution is -1.98. The van der Waals surface area contributed by atoms with Crippen molar-refractivity contribution in [2.45, 2.75) is 47.0 Å². The number of benzene rings is 1. The molecule has 0 saturated carbocycles. The van der Waals surface area contributed by atoms with Crippen LogP contribution in [0.1, 0.15) is 48.4 Å². The van der Waals surface area contributed by atoms with E-state index >= 15 is 0 Å². The van der Waals surface area contributed by atoms with E-state index in [1.807, 2.05) is 0 Å². The molecule has 1 unspecified atom stereocenters. The molecule has 0 aromatic heterocycles. The van der Waals surface area contributed by atoms with E-state index in [4.69, 9.17) is 0 Å². The Labute approximate surface area is 82.0 Å². The van der Waals surface area contributed by atoms with Crippen LogP contribution in [0.25, 0.3) is 0 Å². The van der Waals surface area contributed by atoms with Crippen molar-refractivity contribution < 1.29 is 0 Å². The molecule has 0 heteroatoms. The first-order valence-electron chi connectivity index (χ1n) is 5.14. The van der Waals surface area contributed by atoms with Crippen LogP contribution in [-0.4, -0.2) is 0 Å². The second-order valence-corrected chi connectivity index (χ2v) is 4.03. The van der Waals surface area contributed by atoms with Crippen molar-refractivity contribution in [3.63, 3.8) is 0 Å². The summed E-state index contributed by atoms with van der Waals surface area (Å²) < 4.78 is 0. The normalized spacial score (nSPS) is 13.0. The van der Waals surface area contributed by atoms with E-state index in [1.165, 1.54) is 28.7 Å². The number of rotatable bonds is 2. The molecule has 0 heterocycles. The van der Waals surface area contributed by atoms with Crippen LogP contribution in [0.4, 0.5) is 0 Å². The molecule has 13 heavy (non-hydrogen) atoms. The minimum absolute atomic E-state index is 0.694. The van der Waals surface area contributed by atoms with Crippen LogP contribution in [0.15, 0.2) is 12.1 Å². The molecular formula is C13H20. The molecule has 0 nitrogen and oxygen atoms in total. The molecule has 0 aliphatic carbocycles. The largest absolute Gasteiger partial charge is 0.0648 e. The molecule has 0 spiro atoms. The molecule has 1 atom stereocenters. The molecule has 0 aliphatic rings. The predicted molar refractivity (Wildman–Crippen MR) is 59.4 cm³/mol. The quantitative estimate of drug-likeness (QED) is 0.635. The highest BCUT2D eigenvalue weighted by molar-refractivity contribution is 5.40. The first-order chi connectivity index (χ1) is 6.07. The Morgan fingerprint density at radius 3 is 2.23 bits per heavy atom. The zero-order valence-electron chi connectivity index (χ0n) is 9.44. The van der Waals surface area contributed by atoms with Crippen molar-refractivity contribution in [2.24, 2.45) is 0 Å². The monoisotopic (exact) mass is 176 g/mol. The maximum absolute atomic E-state index is 2.30. The average molecular weight is 176 g/mol. The van der Waals surface area contributed by atoms with Gasteiger partial charge in [0.1, 0.15) is 0 Å². The Hall–Kier alpha value is -0.780. The lowest BCUT2D eigenvalue weighted by molar-refractivity contribution is 0.726. The minimum Gasteiger partial charge on any atom is -0.0648 e. The summed E-state index contributed by atoms with van der Waals surface area (Å²) >= 11 is 0. The van der Waals surface area contributed by atoms with Gasteiger partial charge >= 0.3 is 0 Å². The molecule has 1 aromatic rings. The third-order valence-corrected chi connectivity index (χ3v) is 3.24. The van der Waals surface area contributed by atoms with Crippen molar-refractivity contribution in [1.29, 1.82) is 0 Å². The molecular weight excluding hydrogens is 156 g/mol. The van der Waals surface area contributed by atoms with E-state index in [-0.39, 0.29) is 0 Å². The van der Waals surface area contributed by atoms with Gasteiger partial charge < -0.3 is 0 Å². The Bertz CT molecular complexity index is 297. The van der Waals surface area contributed by atoms with Gasteiger partial charge in [0.05, 0.1) is 0 Å². The van der Waals surface area contributed by atoms with E-state index < -0.39 is 0 Å². The molecule has 1 rings (SSSR count). The maximum Gasteiger partial charge on any atom is -0.0190 e. The van der Waals surface area contributed by atoms with E-state index in [0.717, 1.165) is 0 Å². The van der Waals surface area contributed by atoms with Crippen LogP contribution < -0.4 is 0 Å². The fourth-order valence-electron chi connectivity index (χ4n) is 1.73. The van der Waals surface area contributed by atoms with Crippen molar-refractivity contribution >= 4 is 0 Å². The summed E-state index contributed by atoms with van der Waals surface area (Å²) in [5.41, 5.74) is 5.86. The van der Waals surface area contributed by atoms with Crippen molar-refractivity contribution in [3.8, 4) is 0 Å². The molecule has 72 valence electrons. The van der Waals surface area contributed by atoms with E-state index in [0.29, 0.717) is 5.92 Å². The molecule has 0 N–H and O–H groups in total. The fourth-order valence-corrected chi connectivity index (χ4v) is 1.73. The SMILES string of the molecule is CCC(C)c1ccc(C)c(C)c1C. The Morgan fingerprint density at radius 2 is 1.69 bits per heavy atom. The highest BCUT2D eigenvalue weighted by Gasteiger charge is 2.08. The van der Waals surface area contributed by atoms with Gasteiger partial charge in [0, 0.05) is 0 Å². The van der Waals surface area contributed by atoms with E-state index in [9.17, 15) is 0 Å². The number of hydrogen-bond acceptors (Lipinski definition) is 0. The van der Waals surface area contributed by atoms with Gasteiger partial charge in [-0.1, -0.05) is 26.0 Å². The van der Waals surface area contributed by atoms with Crippen LogP contribution in [0.3, 0.4) is 0 Å². The molecule has 1 aromatic carbocycles. The Kier molecular flexibility index (Phi) is 3.13. The second-order valence-electron chi connectivity index (χ2n) is 4.03. The lowest BCUT2D eigenvalue weighted by atomic mass is 9.90. The van der Waals surface area contributed by atoms with Crippen LogP contribution in [0.5, 0.6) is 0 Å². The van der Waals surface area contributed by atoms with Gasteiger partial charge in [-0.25, -0.2) is 0 Å². The molecule has 0 saturated heterocycles. The second kappa shape index (κ2) is 3.95. The van der Waals surface area contributed by atoms with Gasteiger partial charge in [0.2, 0.25) is 0 Å². The summed E-state index contributed by atoms with van der Waals surface area (Å²) in [7, 11) is 0.